The fourth-order valence-corrected chi connectivity index (χ4v) is 3.29. The fourth-order valence-electron chi connectivity index (χ4n) is 3.29. The molecule has 1 aliphatic heterocycles. The zero-order valence-corrected chi connectivity index (χ0v) is 16.6. The van der Waals surface area contributed by atoms with Crippen LogP contribution >= 0.6 is 0 Å². The number of benzene rings is 2. The van der Waals surface area contributed by atoms with E-state index in [1.165, 1.54) is 0 Å². The first-order valence-electron chi connectivity index (χ1n) is 9.74. The first-order valence-corrected chi connectivity index (χ1v) is 9.74. The smallest absolute Gasteiger partial charge is 0.309 e. The second-order valence-electron chi connectivity index (χ2n) is 6.82. The van der Waals surface area contributed by atoms with Crippen LogP contribution in [-0.2, 0) is 20.9 Å². The highest BCUT2D eigenvalue weighted by Gasteiger charge is 2.22. The highest BCUT2D eigenvalue weighted by Crippen LogP contribution is 2.21. The molecular weight excluding hydrogens is 370 g/mol. The Morgan fingerprint density at radius 3 is 2.59 bits per heavy atom. The number of hydrogen-bond acceptors (Lipinski definition) is 5. The Hall–Kier alpha value is -2.90. The number of amides is 2. The Balaban J connectivity index is 1.39. The van der Waals surface area contributed by atoms with Crippen LogP contribution in [0.4, 0.5) is 0 Å². The average Bonchev–Trinajstić information content (AvgIpc) is 2.78. The molecule has 7 nitrogen and oxygen atoms in total. The van der Waals surface area contributed by atoms with Gasteiger partial charge in [0, 0.05) is 38.3 Å². The van der Waals surface area contributed by atoms with Crippen molar-refractivity contribution in [1.29, 1.82) is 0 Å². The van der Waals surface area contributed by atoms with Crippen LogP contribution in [0.15, 0.2) is 54.6 Å². The molecular formula is C22H27N3O4. The number of para-hydroxylation sites is 1. The minimum absolute atomic E-state index is 0.0322. The Morgan fingerprint density at radius 2 is 1.79 bits per heavy atom. The SMILES string of the molecule is COc1ccccc1CNC(=O)C(=O)NCCN1CCOC(c2ccccc2)C1. The van der Waals surface area contributed by atoms with E-state index in [0.717, 1.165) is 24.2 Å². The van der Waals surface area contributed by atoms with Gasteiger partial charge in [0.15, 0.2) is 0 Å². The van der Waals surface area contributed by atoms with E-state index >= 15 is 0 Å². The van der Waals surface area contributed by atoms with E-state index in [9.17, 15) is 9.59 Å². The van der Waals surface area contributed by atoms with Gasteiger partial charge in [-0.3, -0.25) is 14.5 Å². The molecule has 1 fully saturated rings. The summed E-state index contributed by atoms with van der Waals surface area (Å²) in [6.07, 6.45) is 0.0322. The summed E-state index contributed by atoms with van der Waals surface area (Å²) >= 11 is 0. The molecule has 2 amide bonds. The van der Waals surface area contributed by atoms with E-state index < -0.39 is 11.8 Å². The number of carbonyl (C=O) groups excluding carboxylic acids is 2. The normalized spacial score (nSPS) is 16.8. The third kappa shape index (κ3) is 6.04. The van der Waals surface area contributed by atoms with Crippen LogP contribution < -0.4 is 15.4 Å². The number of ether oxygens (including phenoxy) is 2. The van der Waals surface area contributed by atoms with E-state index in [-0.39, 0.29) is 12.6 Å². The third-order valence-electron chi connectivity index (χ3n) is 4.87. The van der Waals surface area contributed by atoms with Gasteiger partial charge in [0.05, 0.1) is 19.8 Å². The highest BCUT2D eigenvalue weighted by molar-refractivity contribution is 6.35. The molecule has 2 aromatic rings. The summed E-state index contributed by atoms with van der Waals surface area (Å²) in [5.41, 5.74) is 1.97. The minimum Gasteiger partial charge on any atom is -0.496 e. The van der Waals surface area contributed by atoms with Crippen molar-refractivity contribution in [2.24, 2.45) is 0 Å². The Morgan fingerprint density at radius 1 is 1.07 bits per heavy atom. The van der Waals surface area contributed by atoms with Gasteiger partial charge in [-0.2, -0.15) is 0 Å². The summed E-state index contributed by atoms with van der Waals surface area (Å²) in [5, 5.41) is 5.31. The van der Waals surface area contributed by atoms with Crippen LogP contribution in [0.25, 0.3) is 0 Å². The molecule has 7 heteroatoms. The molecule has 2 aromatic carbocycles. The van der Waals surface area contributed by atoms with Gasteiger partial charge in [-0.25, -0.2) is 0 Å². The second-order valence-corrected chi connectivity index (χ2v) is 6.82. The van der Waals surface area contributed by atoms with Crippen LogP contribution in [0.2, 0.25) is 0 Å². The van der Waals surface area contributed by atoms with Crippen LogP contribution in [0, 0.1) is 0 Å². The lowest BCUT2D eigenvalue weighted by molar-refractivity contribution is -0.139. The van der Waals surface area contributed by atoms with Gasteiger partial charge in [-0.15, -0.1) is 0 Å². The lowest BCUT2D eigenvalue weighted by Crippen LogP contribution is -2.45. The van der Waals surface area contributed by atoms with E-state index in [0.29, 0.717) is 25.4 Å². The van der Waals surface area contributed by atoms with Crippen molar-refractivity contribution in [3.63, 3.8) is 0 Å². The summed E-state index contributed by atoms with van der Waals surface area (Å²) < 4.78 is 11.1. The molecule has 1 saturated heterocycles. The second kappa shape index (κ2) is 10.6. The molecule has 0 aliphatic carbocycles. The van der Waals surface area contributed by atoms with Crippen molar-refractivity contribution >= 4 is 11.8 Å². The zero-order chi connectivity index (χ0) is 20.5. The summed E-state index contributed by atoms with van der Waals surface area (Å²) in [7, 11) is 1.57. The number of carbonyl (C=O) groups is 2. The lowest BCUT2D eigenvalue weighted by atomic mass is 10.1. The summed E-state index contributed by atoms with van der Waals surface area (Å²) in [6.45, 7) is 3.52. The van der Waals surface area contributed by atoms with Gasteiger partial charge >= 0.3 is 11.8 Å². The Labute approximate surface area is 171 Å². The van der Waals surface area contributed by atoms with E-state index in [1.807, 2.05) is 42.5 Å². The van der Waals surface area contributed by atoms with Gasteiger partial charge in [0.1, 0.15) is 5.75 Å². The van der Waals surface area contributed by atoms with E-state index in [4.69, 9.17) is 9.47 Å². The number of morpholine rings is 1. The predicted molar refractivity (Wildman–Crippen MR) is 109 cm³/mol. The maximum atomic E-state index is 12.0. The van der Waals surface area contributed by atoms with Crippen LogP contribution in [-0.4, -0.2) is 56.6 Å². The monoisotopic (exact) mass is 397 g/mol. The van der Waals surface area contributed by atoms with Crippen molar-refractivity contribution in [3.8, 4) is 5.75 Å². The molecule has 0 radical (unpaired) electrons. The molecule has 1 unspecified atom stereocenters. The van der Waals surface area contributed by atoms with Gasteiger partial charge in [0.25, 0.3) is 0 Å². The van der Waals surface area contributed by atoms with E-state index in [2.05, 4.69) is 27.7 Å². The molecule has 3 rings (SSSR count). The molecule has 0 saturated carbocycles. The number of hydrogen-bond donors (Lipinski definition) is 2. The van der Waals surface area contributed by atoms with Gasteiger partial charge < -0.3 is 20.1 Å². The molecule has 1 aliphatic rings. The maximum absolute atomic E-state index is 12.0. The topological polar surface area (TPSA) is 79.9 Å². The first-order chi connectivity index (χ1) is 14.2. The largest absolute Gasteiger partial charge is 0.496 e. The van der Waals surface area contributed by atoms with Crippen molar-refractivity contribution in [1.82, 2.24) is 15.5 Å². The average molecular weight is 397 g/mol. The van der Waals surface area contributed by atoms with Crippen molar-refractivity contribution in [2.45, 2.75) is 12.6 Å². The molecule has 0 bridgehead atoms. The third-order valence-corrected chi connectivity index (χ3v) is 4.87. The maximum Gasteiger partial charge on any atom is 0.309 e. The lowest BCUT2D eigenvalue weighted by Gasteiger charge is -2.33. The number of nitrogens with zero attached hydrogens (tertiary/aromatic N) is 1. The molecule has 154 valence electrons. The fraction of sp³-hybridized carbons (Fsp3) is 0.364. The number of rotatable bonds is 7. The molecule has 2 N–H and O–H groups in total. The van der Waals surface area contributed by atoms with Gasteiger partial charge in [0.2, 0.25) is 0 Å². The number of methoxy groups -OCH3 is 1. The van der Waals surface area contributed by atoms with Crippen LogP contribution in [0.3, 0.4) is 0 Å². The highest BCUT2D eigenvalue weighted by atomic mass is 16.5. The van der Waals surface area contributed by atoms with E-state index in [1.54, 1.807) is 7.11 Å². The molecule has 1 atom stereocenters. The predicted octanol–water partition coefficient (Wildman–Crippen LogP) is 1.50. The van der Waals surface area contributed by atoms with Crippen LogP contribution in [0.5, 0.6) is 5.75 Å². The standard InChI is InChI=1S/C22H27N3O4/c1-28-19-10-6-5-9-18(19)15-24-22(27)21(26)23-11-12-25-13-14-29-20(16-25)17-7-3-2-4-8-17/h2-10,20H,11-16H2,1H3,(H,23,26)(H,24,27). The quantitative estimate of drug-likeness (QED) is 0.693. The van der Waals surface area contributed by atoms with Gasteiger partial charge in [-0.05, 0) is 11.6 Å². The van der Waals surface area contributed by atoms with Gasteiger partial charge in [-0.1, -0.05) is 48.5 Å². The van der Waals surface area contributed by atoms with Crippen molar-refractivity contribution < 1.29 is 19.1 Å². The first kappa shape index (κ1) is 20.8. The molecule has 0 spiro atoms. The Kier molecular flexibility index (Phi) is 7.61. The molecule has 29 heavy (non-hydrogen) atoms. The summed E-state index contributed by atoms with van der Waals surface area (Å²) in [4.78, 5) is 26.3. The van der Waals surface area contributed by atoms with Crippen molar-refractivity contribution in [3.05, 3.63) is 65.7 Å². The van der Waals surface area contributed by atoms with Crippen molar-refractivity contribution in [2.75, 3.05) is 39.9 Å². The minimum atomic E-state index is -0.653. The summed E-state index contributed by atoms with van der Waals surface area (Å²) in [5.74, 6) is -0.610. The molecule has 1 heterocycles. The summed E-state index contributed by atoms with van der Waals surface area (Å²) in [6, 6.07) is 17.5. The molecule has 0 aromatic heterocycles. The van der Waals surface area contributed by atoms with Crippen LogP contribution in [0.1, 0.15) is 17.2 Å². The number of nitrogens with one attached hydrogen (secondary N) is 2. The Bertz CT molecular complexity index is 813. The zero-order valence-electron chi connectivity index (χ0n) is 16.6.